The molecule has 1 aromatic carbocycles. The molecular weight excluding hydrogens is 222 g/mol. The van der Waals surface area contributed by atoms with Crippen molar-refractivity contribution in [1.82, 2.24) is 5.32 Å². The second-order valence-corrected chi connectivity index (χ2v) is 3.94. The number of allylic oxidation sites excluding steroid dienone is 1. The van der Waals surface area contributed by atoms with E-state index >= 15 is 0 Å². The van der Waals surface area contributed by atoms with Crippen molar-refractivity contribution in [2.24, 2.45) is 0 Å². The molecule has 1 aromatic rings. The summed E-state index contributed by atoms with van der Waals surface area (Å²) >= 11 is 6.11. The first-order chi connectivity index (χ1) is 7.79. The first-order valence-electron chi connectivity index (χ1n) is 5.45. The summed E-state index contributed by atoms with van der Waals surface area (Å²) in [5, 5.41) is 3.77. The number of benzene rings is 1. The molecule has 0 aromatic heterocycles. The molecule has 0 heterocycles. The molecule has 1 rings (SSSR count). The van der Waals surface area contributed by atoms with E-state index in [0.717, 1.165) is 30.7 Å². The van der Waals surface area contributed by atoms with Crippen molar-refractivity contribution in [2.45, 2.75) is 19.4 Å². The summed E-state index contributed by atoms with van der Waals surface area (Å²) in [5.41, 5.74) is 1.09. The minimum Gasteiger partial charge on any atom is -0.492 e. The lowest BCUT2D eigenvalue weighted by molar-refractivity contribution is 0.308. The topological polar surface area (TPSA) is 21.3 Å². The Balaban J connectivity index is 2.64. The maximum atomic E-state index is 6.11. The van der Waals surface area contributed by atoms with E-state index in [1.165, 1.54) is 0 Å². The van der Waals surface area contributed by atoms with Gasteiger partial charge in [0.15, 0.2) is 0 Å². The van der Waals surface area contributed by atoms with Crippen molar-refractivity contribution in [3.63, 3.8) is 0 Å². The lowest BCUT2D eigenvalue weighted by Gasteiger charge is -2.12. The molecule has 1 N–H and O–H groups in total. The van der Waals surface area contributed by atoms with E-state index < -0.39 is 0 Å². The number of halogens is 1. The van der Waals surface area contributed by atoms with Crippen LogP contribution in [0.4, 0.5) is 0 Å². The van der Waals surface area contributed by atoms with Gasteiger partial charge in [0.05, 0.1) is 11.6 Å². The standard InChI is InChI=1S/C13H18ClNO/c1-3-4-5-9-16-13-11(10-15-2)7-6-8-12(13)14/h3,6-8,15H,1,4-5,9-10H2,2H3. The van der Waals surface area contributed by atoms with Gasteiger partial charge in [-0.25, -0.2) is 0 Å². The monoisotopic (exact) mass is 239 g/mol. The van der Waals surface area contributed by atoms with E-state index in [1.807, 2.05) is 31.3 Å². The third kappa shape index (κ3) is 3.87. The fourth-order valence-electron chi connectivity index (χ4n) is 1.45. The number of nitrogens with one attached hydrogen (secondary N) is 1. The van der Waals surface area contributed by atoms with Crippen LogP contribution in [0.2, 0.25) is 5.02 Å². The lowest BCUT2D eigenvalue weighted by Crippen LogP contribution is -2.08. The van der Waals surface area contributed by atoms with Gasteiger partial charge in [-0.2, -0.15) is 0 Å². The molecule has 88 valence electrons. The first-order valence-corrected chi connectivity index (χ1v) is 5.83. The van der Waals surface area contributed by atoms with Crippen molar-refractivity contribution in [3.8, 4) is 5.75 Å². The van der Waals surface area contributed by atoms with Crippen LogP contribution in [0.5, 0.6) is 5.75 Å². The fourth-order valence-corrected chi connectivity index (χ4v) is 1.70. The van der Waals surface area contributed by atoms with Crippen molar-refractivity contribution in [3.05, 3.63) is 41.4 Å². The third-order valence-corrected chi connectivity index (χ3v) is 2.51. The second-order valence-electron chi connectivity index (χ2n) is 3.54. The van der Waals surface area contributed by atoms with Crippen molar-refractivity contribution < 1.29 is 4.74 Å². The average molecular weight is 240 g/mol. The minimum atomic E-state index is 0.673. The van der Waals surface area contributed by atoms with Crippen molar-refractivity contribution in [1.29, 1.82) is 0 Å². The Morgan fingerprint density at radius 1 is 1.50 bits per heavy atom. The van der Waals surface area contributed by atoms with E-state index in [0.29, 0.717) is 11.6 Å². The Morgan fingerprint density at radius 3 is 3.00 bits per heavy atom. The Bertz CT molecular complexity index is 339. The van der Waals surface area contributed by atoms with Crippen LogP contribution in [0.3, 0.4) is 0 Å². The zero-order chi connectivity index (χ0) is 11.8. The van der Waals surface area contributed by atoms with Crippen LogP contribution < -0.4 is 10.1 Å². The van der Waals surface area contributed by atoms with Gasteiger partial charge in [-0.1, -0.05) is 29.8 Å². The molecule has 16 heavy (non-hydrogen) atoms. The van der Waals surface area contributed by atoms with E-state index in [9.17, 15) is 0 Å². The Hall–Kier alpha value is -0.990. The average Bonchev–Trinajstić information content (AvgIpc) is 2.28. The van der Waals surface area contributed by atoms with Crippen LogP contribution in [0, 0.1) is 0 Å². The quantitative estimate of drug-likeness (QED) is 0.582. The molecule has 2 nitrogen and oxygen atoms in total. The zero-order valence-corrected chi connectivity index (χ0v) is 10.4. The highest BCUT2D eigenvalue weighted by Crippen LogP contribution is 2.28. The molecule has 0 atom stereocenters. The molecule has 0 amide bonds. The number of hydrogen-bond acceptors (Lipinski definition) is 2. The summed E-state index contributed by atoms with van der Waals surface area (Å²) in [5.74, 6) is 0.794. The molecule has 3 heteroatoms. The van der Waals surface area contributed by atoms with Crippen LogP contribution in [0.1, 0.15) is 18.4 Å². The number of ether oxygens (including phenoxy) is 1. The normalized spacial score (nSPS) is 10.1. The highest BCUT2D eigenvalue weighted by atomic mass is 35.5. The molecule has 0 bridgehead atoms. The predicted molar refractivity (Wildman–Crippen MR) is 69.1 cm³/mol. The summed E-state index contributed by atoms with van der Waals surface area (Å²) in [4.78, 5) is 0. The molecule has 0 aliphatic carbocycles. The van der Waals surface area contributed by atoms with Crippen LogP contribution in [0.15, 0.2) is 30.9 Å². The third-order valence-electron chi connectivity index (χ3n) is 2.21. The highest BCUT2D eigenvalue weighted by molar-refractivity contribution is 6.32. The molecule has 0 aliphatic rings. The molecule has 0 fully saturated rings. The molecule has 0 spiro atoms. The molecule has 0 aliphatic heterocycles. The van der Waals surface area contributed by atoms with Gasteiger partial charge in [-0.3, -0.25) is 0 Å². The second kappa shape index (κ2) is 7.31. The van der Waals surface area contributed by atoms with Gasteiger partial charge in [0, 0.05) is 12.1 Å². The van der Waals surface area contributed by atoms with E-state index in [1.54, 1.807) is 0 Å². The Kier molecular flexibility index (Phi) is 5.98. The van der Waals surface area contributed by atoms with Gasteiger partial charge >= 0.3 is 0 Å². The lowest BCUT2D eigenvalue weighted by atomic mass is 10.2. The summed E-state index contributed by atoms with van der Waals surface area (Å²) in [6, 6.07) is 5.81. The molecule has 0 saturated carbocycles. The summed E-state index contributed by atoms with van der Waals surface area (Å²) in [6.07, 6.45) is 3.82. The minimum absolute atomic E-state index is 0.673. The number of unbranched alkanes of at least 4 members (excludes halogenated alkanes) is 1. The number of rotatable bonds is 7. The van der Waals surface area contributed by atoms with E-state index in [2.05, 4.69) is 11.9 Å². The summed E-state index contributed by atoms with van der Waals surface area (Å²) < 4.78 is 5.70. The fraction of sp³-hybridized carbons (Fsp3) is 0.385. The van der Waals surface area contributed by atoms with Gasteiger partial charge < -0.3 is 10.1 Å². The summed E-state index contributed by atoms with van der Waals surface area (Å²) in [7, 11) is 1.91. The van der Waals surface area contributed by atoms with Crippen LogP contribution >= 0.6 is 11.6 Å². The van der Waals surface area contributed by atoms with Gasteiger partial charge in [0.25, 0.3) is 0 Å². The van der Waals surface area contributed by atoms with Crippen LogP contribution in [-0.2, 0) is 6.54 Å². The molecule has 0 saturated heterocycles. The van der Waals surface area contributed by atoms with Crippen molar-refractivity contribution in [2.75, 3.05) is 13.7 Å². The maximum Gasteiger partial charge on any atom is 0.142 e. The van der Waals surface area contributed by atoms with Crippen LogP contribution in [-0.4, -0.2) is 13.7 Å². The molecule has 0 unspecified atom stereocenters. The highest BCUT2D eigenvalue weighted by Gasteiger charge is 2.07. The largest absolute Gasteiger partial charge is 0.492 e. The molecule has 0 radical (unpaired) electrons. The SMILES string of the molecule is C=CCCCOc1c(Cl)cccc1CNC. The van der Waals surface area contributed by atoms with E-state index in [4.69, 9.17) is 16.3 Å². The van der Waals surface area contributed by atoms with E-state index in [-0.39, 0.29) is 0 Å². The van der Waals surface area contributed by atoms with Gasteiger partial charge in [-0.15, -0.1) is 6.58 Å². The smallest absolute Gasteiger partial charge is 0.142 e. The molecular formula is C13H18ClNO. The van der Waals surface area contributed by atoms with Gasteiger partial charge in [0.1, 0.15) is 5.75 Å². The zero-order valence-electron chi connectivity index (χ0n) is 9.63. The Morgan fingerprint density at radius 2 is 2.31 bits per heavy atom. The Labute approximate surface area is 102 Å². The summed E-state index contributed by atoms with van der Waals surface area (Å²) in [6.45, 7) is 5.11. The van der Waals surface area contributed by atoms with Crippen molar-refractivity contribution >= 4 is 11.6 Å². The van der Waals surface area contributed by atoms with Crippen LogP contribution in [0.25, 0.3) is 0 Å². The first kappa shape index (κ1) is 13.1. The maximum absolute atomic E-state index is 6.11. The number of para-hydroxylation sites is 1. The number of hydrogen-bond donors (Lipinski definition) is 1. The predicted octanol–water partition coefficient (Wildman–Crippen LogP) is 3.40. The van der Waals surface area contributed by atoms with Gasteiger partial charge in [0.2, 0.25) is 0 Å². The van der Waals surface area contributed by atoms with Gasteiger partial charge in [-0.05, 0) is 26.0 Å².